The average Bonchev–Trinajstić information content (AvgIpc) is 2.84. The third kappa shape index (κ3) is 2.41. The molecule has 1 N–H and O–H groups in total. The van der Waals surface area contributed by atoms with E-state index in [9.17, 15) is 4.79 Å². The Morgan fingerprint density at radius 2 is 2.62 bits per heavy atom. The summed E-state index contributed by atoms with van der Waals surface area (Å²) < 4.78 is 0. The molecule has 1 aromatic heterocycles. The Bertz CT molecular complexity index is 353. The van der Waals surface area contributed by atoms with Crippen LogP contribution in [0.5, 0.6) is 0 Å². The number of aliphatic carboxylic acids is 1. The summed E-state index contributed by atoms with van der Waals surface area (Å²) in [5, 5.41) is 8.87. The molecule has 16 heavy (non-hydrogen) atoms. The minimum atomic E-state index is -0.701. The lowest BCUT2D eigenvalue weighted by atomic mass is 10.1. The van der Waals surface area contributed by atoms with E-state index in [2.05, 4.69) is 16.8 Å². The van der Waals surface area contributed by atoms with E-state index in [0.717, 1.165) is 19.4 Å². The van der Waals surface area contributed by atoms with Gasteiger partial charge < -0.3 is 5.11 Å². The second-order valence-corrected chi connectivity index (χ2v) is 5.13. The maximum Gasteiger partial charge on any atom is 0.304 e. The Hall–Kier alpha value is -0.940. The zero-order valence-electron chi connectivity index (χ0n) is 9.30. The molecule has 0 aliphatic carbocycles. The molecule has 1 saturated heterocycles. The van der Waals surface area contributed by atoms with Crippen LogP contribution in [0.4, 0.5) is 0 Å². The van der Waals surface area contributed by atoms with Crippen LogP contribution in [0.3, 0.4) is 0 Å². The van der Waals surface area contributed by atoms with Crippen molar-refractivity contribution in [1.29, 1.82) is 0 Å². The predicted octanol–water partition coefficient (Wildman–Crippen LogP) is 2.14. The molecular formula is C11H16N2O2S. The molecule has 88 valence electrons. The number of nitrogens with zero attached hydrogens (tertiary/aromatic N) is 2. The van der Waals surface area contributed by atoms with Gasteiger partial charge in [0.25, 0.3) is 0 Å². The van der Waals surface area contributed by atoms with E-state index in [4.69, 9.17) is 5.11 Å². The van der Waals surface area contributed by atoms with E-state index >= 15 is 0 Å². The second-order valence-electron chi connectivity index (χ2n) is 4.21. The fourth-order valence-electron chi connectivity index (χ4n) is 2.38. The summed E-state index contributed by atoms with van der Waals surface area (Å²) in [5.74, 6) is -0.701. The first-order valence-corrected chi connectivity index (χ1v) is 6.42. The van der Waals surface area contributed by atoms with Gasteiger partial charge >= 0.3 is 5.97 Å². The van der Waals surface area contributed by atoms with Gasteiger partial charge in [-0.15, -0.1) is 11.3 Å². The monoisotopic (exact) mass is 240 g/mol. The average molecular weight is 240 g/mol. The summed E-state index contributed by atoms with van der Waals surface area (Å²) in [6, 6.07) is 0.481. The second kappa shape index (κ2) is 4.93. The van der Waals surface area contributed by atoms with Gasteiger partial charge in [0, 0.05) is 23.2 Å². The lowest BCUT2D eigenvalue weighted by Gasteiger charge is -2.28. The van der Waals surface area contributed by atoms with Gasteiger partial charge in [0.2, 0.25) is 0 Å². The molecule has 2 unspecified atom stereocenters. The maximum absolute atomic E-state index is 10.8. The third-order valence-electron chi connectivity index (χ3n) is 3.19. The third-order valence-corrected chi connectivity index (χ3v) is 4.14. The van der Waals surface area contributed by atoms with Crippen LogP contribution in [0.15, 0.2) is 11.7 Å². The Labute approximate surface area is 98.9 Å². The summed E-state index contributed by atoms with van der Waals surface area (Å²) in [6.07, 6.45) is 4.23. The van der Waals surface area contributed by atoms with Gasteiger partial charge in [0.15, 0.2) is 0 Å². The fourth-order valence-corrected chi connectivity index (χ4v) is 3.08. The van der Waals surface area contributed by atoms with E-state index in [0.29, 0.717) is 6.04 Å². The highest BCUT2D eigenvalue weighted by Gasteiger charge is 2.31. The molecule has 1 aromatic rings. The van der Waals surface area contributed by atoms with Gasteiger partial charge in [-0.1, -0.05) is 0 Å². The minimum absolute atomic E-state index is 0.189. The van der Waals surface area contributed by atoms with E-state index in [-0.39, 0.29) is 12.5 Å². The summed E-state index contributed by atoms with van der Waals surface area (Å²) in [7, 11) is 0. The molecule has 5 heteroatoms. The van der Waals surface area contributed by atoms with E-state index in [1.54, 1.807) is 11.3 Å². The van der Waals surface area contributed by atoms with Crippen molar-refractivity contribution in [2.24, 2.45) is 0 Å². The Morgan fingerprint density at radius 1 is 1.81 bits per heavy atom. The summed E-state index contributed by atoms with van der Waals surface area (Å²) in [4.78, 5) is 18.4. The predicted molar refractivity (Wildman–Crippen MR) is 62.5 cm³/mol. The van der Waals surface area contributed by atoms with E-state index < -0.39 is 5.97 Å². The van der Waals surface area contributed by atoms with Crippen LogP contribution in [0.1, 0.15) is 37.1 Å². The highest BCUT2D eigenvalue weighted by molar-refractivity contribution is 7.09. The molecule has 0 aromatic carbocycles. The van der Waals surface area contributed by atoms with Crippen molar-refractivity contribution < 1.29 is 9.90 Å². The normalized spacial score (nSPS) is 23.4. The topological polar surface area (TPSA) is 53.4 Å². The summed E-state index contributed by atoms with van der Waals surface area (Å²) in [6.45, 7) is 3.13. The van der Waals surface area contributed by atoms with Crippen molar-refractivity contribution in [3.63, 3.8) is 0 Å². The first-order chi connectivity index (χ1) is 7.68. The van der Waals surface area contributed by atoms with Gasteiger partial charge in [-0.2, -0.15) is 0 Å². The van der Waals surface area contributed by atoms with Crippen molar-refractivity contribution in [3.05, 3.63) is 16.6 Å². The molecule has 1 aliphatic rings. The van der Waals surface area contributed by atoms with E-state index in [1.165, 1.54) is 4.88 Å². The molecule has 2 rings (SSSR count). The number of hydrogen-bond acceptors (Lipinski definition) is 4. The van der Waals surface area contributed by atoms with Gasteiger partial charge in [-0.05, 0) is 26.3 Å². The Balaban J connectivity index is 2.05. The largest absolute Gasteiger partial charge is 0.481 e. The Morgan fingerprint density at radius 3 is 3.25 bits per heavy atom. The van der Waals surface area contributed by atoms with Crippen LogP contribution in [0.25, 0.3) is 0 Å². The number of likely N-dealkylation sites (tertiary alicyclic amines) is 1. The van der Waals surface area contributed by atoms with Gasteiger partial charge in [0.05, 0.1) is 11.9 Å². The number of rotatable bonds is 4. The smallest absolute Gasteiger partial charge is 0.304 e. The van der Waals surface area contributed by atoms with Crippen molar-refractivity contribution in [2.45, 2.75) is 38.3 Å². The molecular weight excluding hydrogens is 224 g/mol. The van der Waals surface area contributed by atoms with Crippen molar-refractivity contribution in [2.75, 3.05) is 6.54 Å². The maximum atomic E-state index is 10.8. The molecule has 4 nitrogen and oxygen atoms in total. The molecule has 0 amide bonds. The van der Waals surface area contributed by atoms with Crippen LogP contribution in [-0.2, 0) is 4.79 Å². The minimum Gasteiger partial charge on any atom is -0.481 e. The van der Waals surface area contributed by atoms with Crippen molar-refractivity contribution in [1.82, 2.24) is 9.88 Å². The summed E-state index contributed by atoms with van der Waals surface area (Å²) in [5.41, 5.74) is 1.83. The molecule has 0 bridgehead atoms. The zero-order chi connectivity index (χ0) is 11.5. The standard InChI is InChI=1S/C11H16N2O2S/c1-8(10-6-12-7-16-10)13-4-2-3-9(13)5-11(14)15/h6-9H,2-5H2,1H3,(H,14,15). The highest BCUT2D eigenvalue weighted by Crippen LogP contribution is 2.31. The number of aromatic nitrogens is 1. The van der Waals surface area contributed by atoms with Crippen LogP contribution in [0, 0.1) is 0 Å². The van der Waals surface area contributed by atoms with Crippen LogP contribution >= 0.6 is 11.3 Å². The van der Waals surface area contributed by atoms with Crippen molar-refractivity contribution in [3.8, 4) is 0 Å². The molecule has 1 aliphatic heterocycles. The zero-order valence-corrected chi connectivity index (χ0v) is 10.1. The van der Waals surface area contributed by atoms with E-state index in [1.807, 2.05) is 11.7 Å². The van der Waals surface area contributed by atoms with Gasteiger partial charge in [-0.3, -0.25) is 14.7 Å². The van der Waals surface area contributed by atoms with Crippen LogP contribution < -0.4 is 0 Å². The first kappa shape index (κ1) is 11.5. The lowest BCUT2D eigenvalue weighted by molar-refractivity contribution is -0.138. The molecule has 0 saturated carbocycles. The molecule has 2 atom stereocenters. The lowest BCUT2D eigenvalue weighted by Crippen LogP contribution is -2.33. The Kier molecular flexibility index (Phi) is 3.56. The number of thiazole rings is 1. The molecule has 0 radical (unpaired) electrons. The van der Waals surface area contributed by atoms with Crippen LogP contribution in [0.2, 0.25) is 0 Å². The number of carbonyl (C=O) groups is 1. The van der Waals surface area contributed by atoms with Gasteiger partial charge in [0.1, 0.15) is 0 Å². The van der Waals surface area contributed by atoms with Crippen LogP contribution in [-0.4, -0.2) is 33.5 Å². The summed E-state index contributed by atoms with van der Waals surface area (Å²) >= 11 is 1.64. The quantitative estimate of drug-likeness (QED) is 0.876. The highest BCUT2D eigenvalue weighted by atomic mass is 32.1. The molecule has 2 heterocycles. The first-order valence-electron chi connectivity index (χ1n) is 5.54. The SMILES string of the molecule is CC(c1cncs1)N1CCCC1CC(=O)O. The number of hydrogen-bond donors (Lipinski definition) is 1. The number of carboxylic acids is 1. The fraction of sp³-hybridized carbons (Fsp3) is 0.636. The number of carboxylic acid groups (broad SMARTS) is 1. The van der Waals surface area contributed by atoms with Gasteiger partial charge in [-0.25, -0.2) is 0 Å². The van der Waals surface area contributed by atoms with Crippen molar-refractivity contribution >= 4 is 17.3 Å². The molecule has 0 spiro atoms. The molecule has 1 fully saturated rings.